The zero-order valence-electron chi connectivity index (χ0n) is 17.8. The van der Waals surface area contributed by atoms with E-state index in [2.05, 4.69) is 20.3 Å². The van der Waals surface area contributed by atoms with Gasteiger partial charge in [-0.3, -0.25) is 14.7 Å². The minimum Gasteiger partial charge on any atom is -0.438 e. The van der Waals surface area contributed by atoms with E-state index in [4.69, 9.17) is 4.74 Å². The Morgan fingerprint density at radius 1 is 1.15 bits per heavy atom. The Balaban J connectivity index is 1.37. The molecule has 33 heavy (non-hydrogen) atoms. The second-order valence-corrected chi connectivity index (χ2v) is 7.80. The van der Waals surface area contributed by atoms with Gasteiger partial charge in [-0.25, -0.2) is 23.1 Å². The minimum atomic E-state index is -2.86. The first-order chi connectivity index (χ1) is 15.8. The number of nitrogens with zero attached hydrogens (tertiary/aromatic N) is 4. The number of amides is 1. The molecule has 1 fully saturated rings. The highest BCUT2D eigenvalue weighted by Crippen LogP contribution is 2.40. The molecule has 0 bridgehead atoms. The second kappa shape index (κ2) is 9.53. The van der Waals surface area contributed by atoms with Crippen LogP contribution in [-0.4, -0.2) is 50.8 Å². The number of piperidine rings is 1. The summed E-state index contributed by atoms with van der Waals surface area (Å²) in [5.41, 5.74) is 0.495. The van der Waals surface area contributed by atoms with Crippen molar-refractivity contribution < 1.29 is 22.7 Å². The van der Waals surface area contributed by atoms with Crippen LogP contribution < -0.4 is 10.1 Å². The number of nitrogens with one attached hydrogen (secondary N) is 1. The number of carbonyl (C=O) groups is 1. The molecule has 0 radical (unpaired) electrons. The molecule has 0 spiro atoms. The van der Waals surface area contributed by atoms with Gasteiger partial charge in [0, 0.05) is 31.9 Å². The fourth-order valence-electron chi connectivity index (χ4n) is 3.68. The highest BCUT2D eigenvalue weighted by atomic mass is 19.3. The molecule has 0 saturated carbocycles. The molecule has 1 amide bonds. The summed E-state index contributed by atoms with van der Waals surface area (Å²) < 4.78 is 47.6. The summed E-state index contributed by atoms with van der Waals surface area (Å²) in [6.07, 6.45) is 5.29. The number of alkyl halides is 2. The molecule has 1 N–H and O–H groups in total. The molecule has 1 aromatic carbocycles. The van der Waals surface area contributed by atoms with Crippen LogP contribution in [-0.2, 0) is 4.79 Å². The minimum absolute atomic E-state index is 0.0434. The van der Waals surface area contributed by atoms with Gasteiger partial charge in [0.05, 0.1) is 24.4 Å². The molecule has 10 heteroatoms. The van der Waals surface area contributed by atoms with Gasteiger partial charge in [0.15, 0.2) is 5.82 Å². The first-order valence-electron chi connectivity index (χ1n) is 10.4. The first-order valence-corrected chi connectivity index (χ1v) is 10.4. The largest absolute Gasteiger partial charge is 0.438 e. The lowest BCUT2D eigenvalue weighted by Crippen LogP contribution is -2.52. The van der Waals surface area contributed by atoms with E-state index in [-0.39, 0.29) is 42.9 Å². The Morgan fingerprint density at radius 3 is 2.55 bits per heavy atom. The number of hydrogen-bond donors (Lipinski definition) is 1. The molecule has 172 valence electrons. The number of benzene rings is 1. The molecule has 7 nitrogen and oxygen atoms in total. The zero-order chi connectivity index (χ0) is 23.4. The van der Waals surface area contributed by atoms with Crippen LogP contribution >= 0.6 is 0 Å². The van der Waals surface area contributed by atoms with Crippen LogP contribution in [0, 0.1) is 5.82 Å². The molecule has 0 unspecified atom stereocenters. The number of likely N-dealkylation sites (tertiary alicyclic amines) is 1. The normalized spacial score (nSPS) is 19.0. The van der Waals surface area contributed by atoms with E-state index in [9.17, 15) is 18.0 Å². The molecule has 1 aliphatic heterocycles. The number of anilines is 1. The van der Waals surface area contributed by atoms with Gasteiger partial charge in [-0.2, -0.15) is 0 Å². The van der Waals surface area contributed by atoms with Crippen molar-refractivity contribution >= 4 is 11.7 Å². The van der Waals surface area contributed by atoms with Crippen molar-refractivity contribution in [1.82, 2.24) is 19.9 Å². The number of hydrogen-bond acceptors (Lipinski definition) is 6. The van der Waals surface area contributed by atoms with Crippen LogP contribution in [0.3, 0.4) is 0 Å². The smallest absolute Gasteiger partial charge is 0.257 e. The molecule has 3 aromatic rings. The molecule has 1 aliphatic rings. The predicted octanol–water partition coefficient (Wildman–Crippen LogP) is 4.25. The zero-order valence-corrected chi connectivity index (χ0v) is 17.8. The Bertz CT molecular complexity index is 1080. The van der Waals surface area contributed by atoms with Crippen LogP contribution in [0.25, 0.3) is 0 Å². The van der Waals surface area contributed by atoms with Gasteiger partial charge in [0.1, 0.15) is 11.6 Å². The lowest BCUT2D eigenvalue weighted by Gasteiger charge is -2.40. The summed E-state index contributed by atoms with van der Waals surface area (Å²) in [6, 6.07) is 7.94. The average molecular weight is 457 g/mol. The number of pyridine rings is 1. The number of carbonyl (C=O) groups excluding carboxylic acids is 1. The Morgan fingerprint density at radius 2 is 1.88 bits per heavy atom. The summed E-state index contributed by atoms with van der Waals surface area (Å²) >= 11 is 0. The fourth-order valence-corrected chi connectivity index (χ4v) is 3.68. The van der Waals surface area contributed by atoms with E-state index in [0.29, 0.717) is 11.3 Å². The molecule has 0 aliphatic carbocycles. The Hall–Kier alpha value is -3.53. The number of rotatable bonds is 6. The number of aromatic nitrogens is 3. The monoisotopic (exact) mass is 457 g/mol. The van der Waals surface area contributed by atoms with E-state index >= 15 is 0 Å². The van der Waals surface area contributed by atoms with Crippen molar-refractivity contribution in [2.24, 2.45) is 0 Å². The van der Waals surface area contributed by atoms with E-state index in [0.717, 1.165) is 0 Å². The third-order valence-electron chi connectivity index (χ3n) is 5.61. The van der Waals surface area contributed by atoms with Gasteiger partial charge in [-0.05, 0) is 48.9 Å². The van der Waals surface area contributed by atoms with Gasteiger partial charge in [-0.1, -0.05) is 0 Å². The van der Waals surface area contributed by atoms with E-state index in [1.54, 1.807) is 24.0 Å². The van der Waals surface area contributed by atoms with Crippen LogP contribution in [0.4, 0.5) is 19.0 Å². The highest BCUT2D eigenvalue weighted by molar-refractivity contribution is 5.93. The van der Waals surface area contributed by atoms with Gasteiger partial charge in [0.2, 0.25) is 11.8 Å². The second-order valence-electron chi connectivity index (χ2n) is 7.80. The molecule has 4 rings (SSSR count). The molecular weight excluding hydrogens is 435 g/mol. The maximum Gasteiger partial charge on any atom is 0.257 e. The van der Waals surface area contributed by atoms with Crippen molar-refractivity contribution in [2.45, 2.75) is 31.2 Å². The van der Waals surface area contributed by atoms with Gasteiger partial charge < -0.3 is 10.1 Å². The Kier molecular flexibility index (Phi) is 6.55. The third kappa shape index (κ3) is 5.46. The quantitative estimate of drug-likeness (QED) is 0.596. The van der Waals surface area contributed by atoms with Crippen molar-refractivity contribution in [3.63, 3.8) is 0 Å². The standard InChI is InChI=1S/C23H22F3N5O2/c1-15(31-11-8-23(25,26)19(14-31)16-6-9-27-10-7-16)22(32)30-20-12-29-21(13-28-20)33-18-4-2-17(24)3-5-18/h2-7,9-10,12-13,15,19H,8,11,14H2,1H3,(H,28,30,32)/t15-,19+/m0/s1. The fraction of sp³-hybridized carbons (Fsp3) is 0.304. The van der Waals surface area contributed by atoms with E-state index < -0.39 is 17.9 Å². The summed E-state index contributed by atoms with van der Waals surface area (Å²) in [5.74, 6) is -3.88. The third-order valence-corrected chi connectivity index (χ3v) is 5.61. The summed E-state index contributed by atoms with van der Waals surface area (Å²) in [5, 5.41) is 2.66. The molecule has 1 saturated heterocycles. The van der Waals surface area contributed by atoms with Crippen LogP contribution in [0.5, 0.6) is 11.6 Å². The van der Waals surface area contributed by atoms with E-state index in [1.807, 2.05) is 0 Å². The number of halogens is 3. The number of ether oxygens (including phenoxy) is 1. The van der Waals surface area contributed by atoms with Gasteiger partial charge in [-0.15, -0.1) is 0 Å². The van der Waals surface area contributed by atoms with Gasteiger partial charge >= 0.3 is 0 Å². The molecule has 3 heterocycles. The average Bonchev–Trinajstić information content (AvgIpc) is 2.82. The van der Waals surface area contributed by atoms with Crippen molar-refractivity contribution in [1.29, 1.82) is 0 Å². The predicted molar refractivity (Wildman–Crippen MR) is 115 cm³/mol. The molecular formula is C23H22F3N5O2. The summed E-state index contributed by atoms with van der Waals surface area (Å²) in [6.45, 7) is 1.81. The maximum absolute atomic E-state index is 14.6. The van der Waals surface area contributed by atoms with E-state index in [1.165, 1.54) is 49.1 Å². The molecule has 2 atom stereocenters. The molecule has 2 aromatic heterocycles. The SMILES string of the molecule is C[C@@H](C(=O)Nc1cnc(Oc2ccc(F)cc2)cn1)N1CCC(F)(F)[C@@H](c2ccncc2)C1. The highest BCUT2D eigenvalue weighted by Gasteiger charge is 2.46. The van der Waals surface area contributed by atoms with Crippen molar-refractivity contribution in [3.05, 3.63) is 72.6 Å². The maximum atomic E-state index is 14.6. The summed E-state index contributed by atoms with van der Waals surface area (Å²) in [4.78, 5) is 26.6. The van der Waals surface area contributed by atoms with Crippen LogP contribution in [0.2, 0.25) is 0 Å². The van der Waals surface area contributed by atoms with Crippen molar-refractivity contribution in [3.8, 4) is 11.6 Å². The van der Waals surface area contributed by atoms with Crippen molar-refractivity contribution in [2.75, 3.05) is 18.4 Å². The van der Waals surface area contributed by atoms with Crippen LogP contribution in [0.15, 0.2) is 61.2 Å². The topological polar surface area (TPSA) is 80.2 Å². The van der Waals surface area contributed by atoms with Crippen LogP contribution in [0.1, 0.15) is 24.8 Å². The first kappa shape index (κ1) is 22.7. The summed E-state index contributed by atoms with van der Waals surface area (Å²) in [7, 11) is 0. The van der Waals surface area contributed by atoms with Gasteiger partial charge in [0.25, 0.3) is 5.92 Å². The Labute approximate surface area is 188 Å². The lowest BCUT2D eigenvalue weighted by molar-refractivity contribution is -0.125. The lowest BCUT2D eigenvalue weighted by atomic mass is 9.87.